The molecule has 170 valence electrons. The molecule has 7 heteroatoms. The molecule has 1 N–H and O–H groups in total. The summed E-state index contributed by atoms with van der Waals surface area (Å²) in [7, 11) is 3.64. The number of nitrogens with one attached hydrogen (secondary N) is 1. The summed E-state index contributed by atoms with van der Waals surface area (Å²) in [6.07, 6.45) is 3.12. The third kappa shape index (κ3) is 4.98. The van der Waals surface area contributed by atoms with Gasteiger partial charge in [0.25, 0.3) is 11.8 Å². The van der Waals surface area contributed by atoms with Crippen LogP contribution >= 0.6 is 0 Å². The number of rotatable bonds is 8. The van der Waals surface area contributed by atoms with Crippen LogP contribution in [0, 0.1) is 6.92 Å². The maximum Gasteiger partial charge on any atom is 0.267 e. The fraction of sp³-hybridized carbons (Fsp3) is 0.269. The molecule has 0 fully saturated rings. The first-order valence-electron chi connectivity index (χ1n) is 11.0. The Labute approximate surface area is 193 Å². The number of amides is 2. The number of fused-ring (bicyclic) bond motifs is 1. The summed E-state index contributed by atoms with van der Waals surface area (Å²) in [5, 5.41) is 2.98. The molecular weight excluding hydrogens is 416 g/mol. The average Bonchev–Trinajstić information content (AvgIpc) is 3.42. The van der Waals surface area contributed by atoms with Crippen LogP contribution in [-0.2, 0) is 13.5 Å². The van der Waals surface area contributed by atoms with E-state index in [4.69, 9.17) is 4.42 Å². The van der Waals surface area contributed by atoms with Crippen molar-refractivity contribution in [3.8, 4) is 0 Å². The van der Waals surface area contributed by atoms with Crippen molar-refractivity contribution < 1.29 is 14.0 Å². The first-order chi connectivity index (χ1) is 15.9. The van der Waals surface area contributed by atoms with Crippen LogP contribution in [0.4, 0.5) is 0 Å². The molecule has 7 nitrogen and oxygen atoms in total. The maximum absolute atomic E-state index is 13.5. The number of carbonyl (C=O) groups is 2. The summed E-state index contributed by atoms with van der Waals surface area (Å²) in [6.45, 7) is 2.22. The maximum atomic E-state index is 13.5. The molecule has 0 unspecified atom stereocenters. The normalized spacial score (nSPS) is 12.0. The van der Waals surface area contributed by atoms with Gasteiger partial charge in [-0.3, -0.25) is 9.59 Å². The molecule has 2 amide bonds. The Kier molecular flexibility index (Phi) is 6.58. The number of oxazole rings is 1. The second-order valence-electron chi connectivity index (χ2n) is 8.20. The Morgan fingerprint density at radius 1 is 1.09 bits per heavy atom. The van der Waals surface area contributed by atoms with Crippen LogP contribution < -0.4 is 5.32 Å². The number of likely N-dealkylation sites (N-methyl/N-ethyl adjacent to an activating group) is 1. The van der Waals surface area contributed by atoms with Gasteiger partial charge in [-0.25, -0.2) is 4.98 Å². The zero-order chi connectivity index (χ0) is 23.4. The largest absolute Gasteiger partial charge is 0.440 e. The lowest BCUT2D eigenvalue weighted by Crippen LogP contribution is -2.41. The Balaban J connectivity index is 1.52. The minimum Gasteiger partial charge on any atom is -0.440 e. The Morgan fingerprint density at radius 2 is 1.88 bits per heavy atom. The molecule has 2 heterocycles. The van der Waals surface area contributed by atoms with Crippen LogP contribution in [0.25, 0.3) is 11.1 Å². The average molecular weight is 445 g/mol. The molecule has 0 aliphatic carbocycles. The fourth-order valence-electron chi connectivity index (χ4n) is 4.04. The van der Waals surface area contributed by atoms with E-state index < -0.39 is 0 Å². The third-order valence-electron chi connectivity index (χ3n) is 5.87. The summed E-state index contributed by atoms with van der Waals surface area (Å²) in [4.78, 5) is 32.1. The molecule has 33 heavy (non-hydrogen) atoms. The molecule has 2 aromatic carbocycles. The van der Waals surface area contributed by atoms with Gasteiger partial charge in [-0.05, 0) is 42.7 Å². The monoisotopic (exact) mass is 444 g/mol. The first-order valence-corrected chi connectivity index (χ1v) is 11.0. The number of aromatic nitrogens is 2. The minimum absolute atomic E-state index is 0.118. The quantitative estimate of drug-likeness (QED) is 0.446. The highest BCUT2D eigenvalue weighted by Crippen LogP contribution is 2.22. The molecule has 4 rings (SSSR count). The van der Waals surface area contributed by atoms with E-state index in [-0.39, 0.29) is 17.9 Å². The van der Waals surface area contributed by atoms with Gasteiger partial charge in [0.2, 0.25) is 0 Å². The predicted molar refractivity (Wildman–Crippen MR) is 127 cm³/mol. The molecule has 1 atom stereocenters. The molecule has 2 aromatic heterocycles. The lowest BCUT2D eigenvalue weighted by molar-refractivity contribution is 0.0723. The van der Waals surface area contributed by atoms with Gasteiger partial charge in [0.1, 0.15) is 11.2 Å². The fourth-order valence-corrected chi connectivity index (χ4v) is 4.04. The van der Waals surface area contributed by atoms with E-state index >= 15 is 0 Å². The van der Waals surface area contributed by atoms with E-state index in [1.807, 2.05) is 61.8 Å². The van der Waals surface area contributed by atoms with Crippen LogP contribution in [0.15, 0.2) is 71.3 Å². The van der Waals surface area contributed by atoms with Gasteiger partial charge in [-0.1, -0.05) is 36.4 Å². The van der Waals surface area contributed by atoms with Crippen molar-refractivity contribution in [1.29, 1.82) is 0 Å². The van der Waals surface area contributed by atoms with E-state index in [9.17, 15) is 9.59 Å². The summed E-state index contributed by atoms with van der Waals surface area (Å²) < 4.78 is 7.50. The second kappa shape index (κ2) is 9.73. The lowest BCUT2D eigenvalue weighted by Gasteiger charge is -2.29. The van der Waals surface area contributed by atoms with E-state index in [2.05, 4.69) is 10.3 Å². The molecular formula is C26H28N4O3. The van der Waals surface area contributed by atoms with Gasteiger partial charge < -0.3 is 19.2 Å². The standard InChI is InChI=1S/C26H28N4O3/c1-18-28-22-12-7-11-21(24(22)33-18)26(32)30(3)20(17-19-9-5-4-6-10-19)14-15-27-25(31)23-13-8-16-29(23)2/h4-13,16,20H,14-15,17H2,1-3H3,(H,27,31)/t20-/m1/s1. The lowest BCUT2D eigenvalue weighted by atomic mass is 10.0. The first kappa shape index (κ1) is 22.3. The van der Waals surface area contributed by atoms with E-state index in [1.165, 1.54) is 0 Å². The molecule has 0 saturated heterocycles. The van der Waals surface area contributed by atoms with E-state index in [0.29, 0.717) is 47.6 Å². The van der Waals surface area contributed by atoms with Crippen LogP contribution in [0.3, 0.4) is 0 Å². The number of aryl methyl sites for hydroxylation is 2. The molecule has 4 aromatic rings. The number of para-hydroxylation sites is 1. The van der Waals surface area contributed by atoms with Crippen molar-refractivity contribution in [3.63, 3.8) is 0 Å². The van der Waals surface area contributed by atoms with Gasteiger partial charge in [0, 0.05) is 39.8 Å². The molecule has 0 radical (unpaired) electrons. The van der Waals surface area contributed by atoms with Gasteiger partial charge >= 0.3 is 0 Å². The molecule has 0 spiro atoms. The molecule has 0 aliphatic rings. The topological polar surface area (TPSA) is 80.4 Å². The molecule has 0 bridgehead atoms. The van der Waals surface area contributed by atoms with Gasteiger partial charge in [-0.15, -0.1) is 0 Å². The summed E-state index contributed by atoms with van der Waals surface area (Å²) in [5.74, 6) is 0.264. The highest BCUT2D eigenvalue weighted by molar-refractivity contribution is 6.04. The van der Waals surface area contributed by atoms with Gasteiger partial charge in [-0.2, -0.15) is 0 Å². The van der Waals surface area contributed by atoms with Crippen molar-refractivity contribution >= 4 is 22.9 Å². The van der Waals surface area contributed by atoms with Crippen LogP contribution in [0.5, 0.6) is 0 Å². The highest BCUT2D eigenvalue weighted by Gasteiger charge is 2.25. The zero-order valence-electron chi connectivity index (χ0n) is 19.1. The number of hydrogen-bond acceptors (Lipinski definition) is 4. The van der Waals surface area contributed by atoms with E-state index in [0.717, 1.165) is 5.56 Å². The highest BCUT2D eigenvalue weighted by atomic mass is 16.3. The predicted octanol–water partition coefficient (Wildman–Crippen LogP) is 3.98. The van der Waals surface area contributed by atoms with Crippen molar-refractivity contribution in [2.45, 2.75) is 25.8 Å². The number of hydrogen-bond donors (Lipinski definition) is 1. The Hall–Kier alpha value is -3.87. The van der Waals surface area contributed by atoms with Gasteiger partial charge in [0.05, 0.1) is 5.56 Å². The molecule has 0 saturated carbocycles. The smallest absolute Gasteiger partial charge is 0.267 e. The minimum atomic E-state index is -0.133. The Morgan fingerprint density at radius 3 is 2.61 bits per heavy atom. The van der Waals surface area contributed by atoms with Crippen molar-refractivity contribution in [3.05, 3.63) is 89.6 Å². The van der Waals surface area contributed by atoms with Crippen LogP contribution in [-0.4, -0.2) is 45.9 Å². The number of carbonyl (C=O) groups excluding carboxylic acids is 2. The van der Waals surface area contributed by atoms with Crippen molar-refractivity contribution in [1.82, 2.24) is 19.8 Å². The Bertz CT molecular complexity index is 1260. The summed E-state index contributed by atoms with van der Waals surface area (Å²) >= 11 is 0. The van der Waals surface area contributed by atoms with Gasteiger partial charge in [0.15, 0.2) is 11.5 Å². The zero-order valence-corrected chi connectivity index (χ0v) is 19.1. The summed E-state index contributed by atoms with van der Waals surface area (Å²) in [6, 6.07) is 19.0. The SMILES string of the molecule is Cc1nc2cccc(C(=O)N(C)[C@H](CCNC(=O)c3cccn3C)Cc3ccccc3)c2o1. The van der Waals surface area contributed by atoms with Crippen LogP contribution in [0.1, 0.15) is 38.7 Å². The number of benzene rings is 2. The third-order valence-corrected chi connectivity index (χ3v) is 5.87. The van der Waals surface area contributed by atoms with Crippen LogP contribution in [0.2, 0.25) is 0 Å². The summed E-state index contributed by atoms with van der Waals surface area (Å²) in [5.41, 5.74) is 3.39. The van der Waals surface area contributed by atoms with Crippen molar-refractivity contribution in [2.75, 3.05) is 13.6 Å². The molecule has 0 aliphatic heterocycles. The van der Waals surface area contributed by atoms with E-state index in [1.54, 1.807) is 35.6 Å². The number of nitrogens with zero attached hydrogens (tertiary/aromatic N) is 3. The van der Waals surface area contributed by atoms with Crippen molar-refractivity contribution in [2.24, 2.45) is 7.05 Å². The second-order valence-corrected chi connectivity index (χ2v) is 8.20.